The number of hydrogen-bond acceptors (Lipinski definition) is 7. The minimum absolute atomic E-state index is 0.0756. The lowest BCUT2D eigenvalue weighted by molar-refractivity contribution is 0.105. The number of β-amino-alcohol motifs (C(OH)–C–C–N with tert-alkyl or cyclic N) is 1. The van der Waals surface area contributed by atoms with Gasteiger partial charge in [-0.2, -0.15) is 4.31 Å². The van der Waals surface area contributed by atoms with Crippen LogP contribution in [-0.2, 0) is 10.0 Å². The number of benzene rings is 1. The van der Waals surface area contributed by atoms with Crippen molar-refractivity contribution in [3.63, 3.8) is 0 Å². The van der Waals surface area contributed by atoms with Crippen LogP contribution < -0.4 is 5.32 Å². The van der Waals surface area contributed by atoms with Crippen LogP contribution in [0.25, 0.3) is 0 Å². The summed E-state index contributed by atoms with van der Waals surface area (Å²) in [5.41, 5.74) is 0.675. The van der Waals surface area contributed by atoms with E-state index >= 15 is 0 Å². The normalized spacial score (nSPS) is 18.5. The third-order valence-corrected chi connectivity index (χ3v) is 5.91. The lowest BCUT2D eigenvalue weighted by atomic mass is 10.3. The number of anilines is 1. The molecule has 4 N–H and O–H groups in total. The Morgan fingerprint density at radius 1 is 1.08 bits per heavy atom. The lowest BCUT2D eigenvalue weighted by Crippen LogP contribution is -2.49. The number of nitrogens with one attached hydrogen (secondary N) is 1. The van der Waals surface area contributed by atoms with E-state index in [0.717, 1.165) is 0 Å². The average Bonchev–Trinajstić information content (AvgIpc) is 2.60. The topological polar surface area (TPSA) is 113 Å². The maximum absolute atomic E-state index is 12.6. The molecule has 24 heavy (non-hydrogen) atoms. The van der Waals surface area contributed by atoms with Gasteiger partial charge in [-0.15, -0.1) is 0 Å². The zero-order valence-electron chi connectivity index (χ0n) is 13.5. The first-order valence-corrected chi connectivity index (χ1v) is 9.37. The first-order chi connectivity index (χ1) is 11.5. The second-order valence-electron chi connectivity index (χ2n) is 5.71. The zero-order chi connectivity index (χ0) is 17.6. The summed E-state index contributed by atoms with van der Waals surface area (Å²) < 4.78 is 26.7. The van der Waals surface area contributed by atoms with Gasteiger partial charge < -0.3 is 20.6 Å². The highest BCUT2D eigenvalue weighted by Gasteiger charge is 2.28. The van der Waals surface area contributed by atoms with Crippen LogP contribution in [0.3, 0.4) is 0 Å². The highest BCUT2D eigenvalue weighted by Crippen LogP contribution is 2.19. The molecule has 8 nitrogen and oxygen atoms in total. The first-order valence-electron chi connectivity index (χ1n) is 7.93. The van der Waals surface area contributed by atoms with E-state index in [1.807, 2.05) is 4.90 Å². The van der Waals surface area contributed by atoms with E-state index in [1.54, 1.807) is 12.1 Å². The van der Waals surface area contributed by atoms with Gasteiger partial charge in [-0.25, -0.2) is 8.42 Å². The van der Waals surface area contributed by atoms with Gasteiger partial charge in [-0.05, 0) is 24.3 Å². The van der Waals surface area contributed by atoms with Crippen molar-refractivity contribution in [3.8, 4) is 0 Å². The van der Waals surface area contributed by atoms with Crippen molar-refractivity contribution < 1.29 is 23.7 Å². The van der Waals surface area contributed by atoms with Crippen LogP contribution in [0.2, 0.25) is 0 Å². The minimum Gasteiger partial charge on any atom is -0.395 e. The van der Waals surface area contributed by atoms with Crippen molar-refractivity contribution in [1.82, 2.24) is 9.21 Å². The van der Waals surface area contributed by atoms with Crippen molar-refractivity contribution in [3.05, 3.63) is 24.3 Å². The van der Waals surface area contributed by atoms with Gasteiger partial charge in [0.2, 0.25) is 10.0 Å². The molecule has 0 amide bonds. The summed E-state index contributed by atoms with van der Waals surface area (Å²) in [4.78, 5) is 2.26. The van der Waals surface area contributed by atoms with Crippen molar-refractivity contribution in [2.24, 2.45) is 0 Å². The standard InChI is InChI=1S/C15H25N3O5S/c19-10-9-17-5-7-18(8-6-17)24(22,23)15-3-1-13(2-4-15)16-11-14(21)12-20/h1-4,14,16,19-21H,5-12H2. The minimum atomic E-state index is -3.53. The molecule has 0 spiro atoms. The van der Waals surface area contributed by atoms with Crippen molar-refractivity contribution in [2.75, 3.05) is 57.8 Å². The molecule has 1 aliphatic rings. The van der Waals surface area contributed by atoms with Gasteiger partial charge in [0.05, 0.1) is 24.2 Å². The Hall–Kier alpha value is -1.23. The van der Waals surface area contributed by atoms with E-state index < -0.39 is 16.1 Å². The fraction of sp³-hybridized carbons (Fsp3) is 0.600. The van der Waals surface area contributed by atoms with Gasteiger partial charge in [0.15, 0.2) is 0 Å². The maximum atomic E-state index is 12.6. The molecule has 0 saturated carbocycles. The SMILES string of the molecule is O=S(=O)(c1ccc(NCC(O)CO)cc1)N1CCN(CCO)CC1. The Morgan fingerprint density at radius 2 is 1.71 bits per heavy atom. The average molecular weight is 359 g/mol. The number of rotatable bonds is 8. The highest BCUT2D eigenvalue weighted by atomic mass is 32.2. The molecule has 9 heteroatoms. The van der Waals surface area contributed by atoms with Gasteiger partial charge >= 0.3 is 0 Å². The van der Waals surface area contributed by atoms with E-state index in [0.29, 0.717) is 38.4 Å². The van der Waals surface area contributed by atoms with Crippen LogP contribution in [0.5, 0.6) is 0 Å². The fourth-order valence-corrected chi connectivity index (χ4v) is 3.95. The molecule has 1 aromatic carbocycles. The number of piperazine rings is 1. The maximum Gasteiger partial charge on any atom is 0.243 e. The van der Waals surface area contributed by atoms with Crippen molar-refractivity contribution in [2.45, 2.75) is 11.0 Å². The van der Waals surface area contributed by atoms with Crippen LogP contribution in [0.15, 0.2) is 29.2 Å². The molecule has 0 bridgehead atoms. The van der Waals surface area contributed by atoms with Gasteiger partial charge in [0.1, 0.15) is 0 Å². The molecule has 1 fully saturated rings. The molecular weight excluding hydrogens is 334 g/mol. The lowest BCUT2D eigenvalue weighted by Gasteiger charge is -2.33. The number of aliphatic hydroxyl groups excluding tert-OH is 3. The van der Waals surface area contributed by atoms with Gasteiger partial charge in [-0.3, -0.25) is 4.90 Å². The summed E-state index contributed by atoms with van der Waals surface area (Å²) in [6.45, 7) is 2.53. The van der Waals surface area contributed by atoms with Gasteiger partial charge in [0, 0.05) is 45.0 Å². The monoisotopic (exact) mass is 359 g/mol. The molecule has 136 valence electrons. The quantitative estimate of drug-likeness (QED) is 0.459. The smallest absolute Gasteiger partial charge is 0.243 e. The Morgan fingerprint density at radius 3 is 2.25 bits per heavy atom. The number of nitrogens with zero attached hydrogens (tertiary/aromatic N) is 2. The molecule has 2 rings (SSSR count). The molecule has 1 heterocycles. The first kappa shape index (κ1) is 19.1. The van der Waals surface area contributed by atoms with Crippen LogP contribution in [-0.4, -0.2) is 91.5 Å². The molecule has 1 aliphatic heterocycles. The van der Waals surface area contributed by atoms with E-state index in [-0.39, 0.29) is 24.7 Å². The predicted octanol–water partition coefficient (Wildman–Crippen LogP) is -1.25. The summed E-state index contributed by atoms with van der Waals surface area (Å²) in [5.74, 6) is 0. The third kappa shape index (κ3) is 4.88. The van der Waals surface area contributed by atoms with Crippen molar-refractivity contribution in [1.29, 1.82) is 0 Å². The zero-order valence-corrected chi connectivity index (χ0v) is 14.3. The Bertz CT molecular complexity index is 600. The third-order valence-electron chi connectivity index (χ3n) is 3.99. The molecule has 0 radical (unpaired) electrons. The van der Waals surface area contributed by atoms with Gasteiger partial charge in [0.25, 0.3) is 0 Å². The summed E-state index contributed by atoms with van der Waals surface area (Å²) in [6.07, 6.45) is -0.858. The molecule has 1 aromatic rings. The summed E-state index contributed by atoms with van der Waals surface area (Å²) in [6, 6.07) is 6.34. The van der Waals surface area contributed by atoms with Crippen LogP contribution >= 0.6 is 0 Å². The van der Waals surface area contributed by atoms with E-state index in [2.05, 4.69) is 5.32 Å². The molecule has 1 atom stereocenters. The van der Waals surface area contributed by atoms with Crippen LogP contribution in [0.1, 0.15) is 0 Å². The second kappa shape index (κ2) is 8.75. The summed E-state index contributed by atoms with van der Waals surface area (Å²) in [5, 5.41) is 29.9. The number of aliphatic hydroxyl groups is 3. The molecule has 1 unspecified atom stereocenters. The van der Waals surface area contributed by atoms with E-state index in [1.165, 1.54) is 16.4 Å². The van der Waals surface area contributed by atoms with Crippen LogP contribution in [0.4, 0.5) is 5.69 Å². The number of hydrogen-bond donors (Lipinski definition) is 4. The van der Waals surface area contributed by atoms with Crippen LogP contribution in [0, 0.1) is 0 Å². The van der Waals surface area contributed by atoms with Gasteiger partial charge in [-0.1, -0.05) is 0 Å². The van der Waals surface area contributed by atoms with Crippen molar-refractivity contribution >= 4 is 15.7 Å². The Labute approximate surface area is 142 Å². The molecule has 0 aromatic heterocycles. The molecular formula is C15H25N3O5S. The highest BCUT2D eigenvalue weighted by molar-refractivity contribution is 7.89. The Balaban J connectivity index is 1.97. The second-order valence-corrected chi connectivity index (χ2v) is 7.65. The molecule has 0 aliphatic carbocycles. The largest absolute Gasteiger partial charge is 0.395 e. The number of sulfonamides is 1. The Kier molecular flexibility index (Phi) is 6.96. The fourth-order valence-electron chi connectivity index (χ4n) is 2.53. The molecule has 1 saturated heterocycles. The van der Waals surface area contributed by atoms with E-state index in [9.17, 15) is 13.5 Å². The predicted molar refractivity (Wildman–Crippen MR) is 90.3 cm³/mol. The summed E-state index contributed by atoms with van der Waals surface area (Å²) in [7, 11) is -3.53. The summed E-state index contributed by atoms with van der Waals surface area (Å²) >= 11 is 0. The van der Waals surface area contributed by atoms with E-state index in [4.69, 9.17) is 10.2 Å².